The Balaban J connectivity index is 1.73. The molecule has 0 unspecified atom stereocenters. The third kappa shape index (κ3) is 2.25. The number of nitrogens with one attached hydrogen (secondary N) is 1. The zero-order valence-electron chi connectivity index (χ0n) is 12.0. The first-order chi connectivity index (χ1) is 10.8. The maximum atomic E-state index is 4.69. The van der Waals surface area contributed by atoms with Crippen molar-refractivity contribution in [3.8, 4) is 5.82 Å². The van der Waals surface area contributed by atoms with E-state index in [1.54, 1.807) is 11.3 Å². The Labute approximate surface area is 132 Å². The molecule has 0 spiro atoms. The highest BCUT2D eigenvalue weighted by Gasteiger charge is 2.11. The molecule has 0 bridgehead atoms. The van der Waals surface area contributed by atoms with Gasteiger partial charge in [0.2, 0.25) is 0 Å². The van der Waals surface area contributed by atoms with E-state index in [2.05, 4.69) is 25.9 Å². The van der Waals surface area contributed by atoms with Gasteiger partial charge >= 0.3 is 0 Å². The van der Waals surface area contributed by atoms with Crippen molar-refractivity contribution >= 4 is 33.2 Å². The lowest BCUT2D eigenvalue weighted by atomic mass is 10.3. The number of nitrogens with zero attached hydrogens (tertiary/aromatic N) is 3. The molecule has 2 aromatic carbocycles. The van der Waals surface area contributed by atoms with Crippen LogP contribution in [0.2, 0.25) is 0 Å². The number of rotatable bonds is 3. The largest absolute Gasteiger partial charge is 0.331 e. The van der Waals surface area contributed by atoms with Crippen molar-refractivity contribution in [3.63, 3.8) is 0 Å². The molecule has 0 aliphatic heterocycles. The highest BCUT2D eigenvalue weighted by Crippen LogP contribution is 2.26. The van der Waals surface area contributed by atoms with Gasteiger partial charge in [0.1, 0.15) is 5.82 Å². The molecular weight excluding hydrogens is 292 g/mol. The second-order valence-electron chi connectivity index (χ2n) is 4.99. The van der Waals surface area contributed by atoms with E-state index in [4.69, 9.17) is 0 Å². The summed E-state index contributed by atoms with van der Waals surface area (Å²) in [4.78, 5) is 9.28. The van der Waals surface area contributed by atoms with Crippen LogP contribution in [0.5, 0.6) is 0 Å². The van der Waals surface area contributed by atoms with Gasteiger partial charge in [0.15, 0.2) is 10.9 Å². The van der Waals surface area contributed by atoms with Crippen LogP contribution in [-0.2, 0) is 0 Å². The molecule has 0 aliphatic rings. The molecule has 0 atom stereocenters. The summed E-state index contributed by atoms with van der Waals surface area (Å²) < 4.78 is 2.09. The van der Waals surface area contributed by atoms with Crippen molar-refractivity contribution in [1.82, 2.24) is 14.5 Å². The number of para-hydroxylation sites is 3. The minimum atomic E-state index is 0.874. The van der Waals surface area contributed by atoms with E-state index in [0.29, 0.717) is 0 Å². The predicted octanol–water partition coefficient (Wildman–Crippen LogP) is 4.53. The number of imidazole rings is 1. The standard InChI is InChI=1S/C17H14N4S/c1-12-18-14-9-5-6-10-15(14)21(12)16-11-22-17(20-16)19-13-7-3-2-4-8-13/h2-11H,1H3,(H,19,20). The number of thiazole rings is 1. The second-order valence-corrected chi connectivity index (χ2v) is 5.84. The van der Waals surface area contributed by atoms with E-state index < -0.39 is 0 Å². The van der Waals surface area contributed by atoms with Crippen molar-refractivity contribution < 1.29 is 0 Å². The number of hydrogen-bond acceptors (Lipinski definition) is 4. The monoisotopic (exact) mass is 306 g/mol. The van der Waals surface area contributed by atoms with Crippen LogP contribution < -0.4 is 5.32 Å². The summed E-state index contributed by atoms with van der Waals surface area (Å²) in [6, 6.07) is 18.2. The molecule has 2 heterocycles. The third-order valence-electron chi connectivity index (χ3n) is 3.47. The van der Waals surface area contributed by atoms with Crippen molar-refractivity contribution in [2.24, 2.45) is 0 Å². The molecule has 4 rings (SSSR count). The van der Waals surface area contributed by atoms with Crippen LogP contribution in [0.25, 0.3) is 16.9 Å². The fraction of sp³-hybridized carbons (Fsp3) is 0.0588. The smallest absolute Gasteiger partial charge is 0.189 e. The number of anilines is 2. The zero-order valence-corrected chi connectivity index (χ0v) is 12.8. The fourth-order valence-electron chi connectivity index (χ4n) is 2.51. The molecule has 1 N–H and O–H groups in total. The van der Waals surface area contributed by atoms with Crippen LogP contribution in [0.1, 0.15) is 5.82 Å². The number of aromatic nitrogens is 3. The van der Waals surface area contributed by atoms with Gasteiger partial charge in [0.25, 0.3) is 0 Å². The number of fused-ring (bicyclic) bond motifs is 1. The van der Waals surface area contributed by atoms with Crippen LogP contribution in [0.15, 0.2) is 60.0 Å². The molecule has 4 nitrogen and oxygen atoms in total. The summed E-state index contributed by atoms with van der Waals surface area (Å²) in [5.41, 5.74) is 3.11. The van der Waals surface area contributed by atoms with Crippen LogP contribution in [0.3, 0.4) is 0 Å². The molecule has 108 valence electrons. The van der Waals surface area contributed by atoms with Crippen LogP contribution in [-0.4, -0.2) is 14.5 Å². The Morgan fingerprint density at radius 3 is 2.59 bits per heavy atom. The number of benzene rings is 2. The van der Waals surface area contributed by atoms with Gasteiger partial charge in [-0.05, 0) is 31.2 Å². The van der Waals surface area contributed by atoms with Crippen molar-refractivity contribution in [1.29, 1.82) is 0 Å². The van der Waals surface area contributed by atoms with Gasteiger partial charge < -0.3 is 5.32 Å². The molecule has 0 amide bonds. The van der Waals surface area contributed by atoms with Gasteiger partial charge in [0.05, 0.1) is 11.0 Å². The van der Waals surface area contributed by atoms with Crippen molar-refractivity contribution in [2.45, 2.75) is 6.92 Å². The first kappa shape index (κ1) is 13.0. The Bertz CT molecular complexity index is 924. The first-order valence-corrected chi connectivity index (χ1v) is 7.91. The molecule has 0 radical (unpaired) electrons. The quantitative estimate of drug-likeness (QED) is 0.604. The minimum absolute atomic E-state index is 0.874. The third-order valence-corrected chi connectivity index (χ3v) is 4.22. The maximum absolute atomic E-state index is 4.69. The molecule has 0 saturated carbocycles. The molecule has 4 aromatic rings. The molecule has 0 fully saturated rings. The van der Waals surface area contributed by atoms with Gasteiger partial charge in [0, 0.05) is 11.1 Å². The molecule has 5 heteroatoms. The van der Waals surface area contributed by atoms with Gasteiger partial charge in [-0.15, -0.1) is 11.3 Å². The lowest BCUT2D eigenvalue weighted by Gasteiger charge is -2.03. The SMILES string of the molecule is Cc1nc2ccccc2n1-c1csc(Nc2ccccc2)n1. The van der Waals surface area contributed by atoms with Gasteiger partial charge in [-0.25, -0.2) is 9.97 Å². The molecular formula is C17H14N4S. The average Bonchev–Trinajstić information content (AvgIpc) is 3.11. The predicted molar refractivity (Wildman–Crippen MR) is 91.2 cm³/mol. The van der Waals surface area contributed by atoms with E-state index in [9.17, 15) is 0 Å². The van der Waals surface area contributed by atoms with Crippen molar-refractivity contribution in [3.05, 3.63) is 65.8 Å². The van der Waals surface area contributed by atoms with E-state index >= 15 is 0 Å². The van der Waals surface area contributed by atoms with Gasteiger partial charge in [-0.3, -0.25) is 4.57 Å². The zero-order chi connectivity index (χ0) is 14.9. The lowest BCUT2D eigenvalue weighted by molar-refractivity contribution is 0.970. The topological polar surface area (TPSA) is 42.7 Å². The summed E-state index contributed by atoms with van der Waals surface area (Å²) >= 11 is 1.59. The molecule has 0 saturated heterocycles. The van der Waals surface area contributed by atoms with Crippen LogP contribution in [0.4, 0.5) is 10.8 Å². The summed E-state index contributed by atoms with van der Waals surface area (Å²) in [6.07, 6.45) is 0. The van der Waals surface area contributed by atoms with Gasteiger partial charge in [-0.1, -0.05) is 30.3 Å². The van der Waals surface area contributed by atoms with Crippen LogP contribution in [0, 0.1) is 6.92 Å². The number of hydrogen-bond donors (Lipinski definition) is 1. The molecule has 0 aliphatic carbocycles. The van der Waals surface area contributed by atoms with E-state index in [1.807, 2.05) is 60.8 Å². The lowest BCUT2D eigenvalue weighted by Crippen LogP contribution is -1.98. The highest BCUT2D eigenvalue weighted by atomic mass is 32.1. The molecule has 22 heavy (non-hydrogen) atoms. The average molecular weight is 306 g/mol. The number of aryl methyl sites for hydroxylation is 1. The van der Waals surface area contributed by atoms with Crippen molar-refractivity contribution in [2.75, 3.05) is 5.32 Å². The fourth-order valence-corrected chi connectivity index (χ4v) is 3.20. The Morgan fingerprint density at radius 2 is 1.73 bits per heavy atom. The summed E-state index contributed by atoms with van der Waals surface area (Å²) in [5, 5.41) is 6.25. The summed E-state index contributed by atoms with van der Waals surface area (Å²) in [5.74, 6) is 1.84. The summed E-state index contributed by atoms with van der Waals surface area (Å²) in [6.45, 7) is 2.00. The Morgan fingerprint density at radius 1 is 0.955 bits per heavy atom. The maximum Gasteiger partial charge on any atom is 0.189 e. The Kier molecular flexibility index (Phi) is 3.12. The minimum Gasteiger partial charge on any atom is -0.331 e. The highest BCUT2D eigenvalue weighted by molar-refractivity contribution is 7.14. The van der Waals surface area contributed by atoms with E-state index in [-0.39, 0.29) is 0 Å². The first-order valence-electron chi connectivity index (χ1n) is 7.03. The van der Waals surface area contributed by atoms with E-state index in [1.165, 1.54) is 0 Å². The van der Waals surface area contributed by atoms with Crippen LogP contribution >= 0.6 is 11.3 Å². The van der Waals surface area contributed by atoms with E-state index in [0.717, 1.165) is 33.5 Å². The van der Waals surface area contributed by atoms with Gasteiger partial charge in [-0.2, -0.15) is 0 Å². The second kappa shape index (κ2) is 5.27. The summed E-state index contributed by atoms with van der Waals surface area (Å²) in [7, 11) is 0. The molecule has 2 aromatic heterocycles. The normalized spacial score (nSPS) is 11.0. The Hall–Kier alpha value is -2.66.